The molecule has 0 radical (unpaired) electrons. The SMILES string of the molecule is CN(C)S(=O)(=O)n1cc(C(=O)c2ccccc2C(=O)O)c(-c2ccccn2)n1. The van der Waals surface area contributed by atoms with Crippen LogP contribution in [0.2, 0.25) is 0 Å². The van der Waals surface area contributed by atoms with Crippen molar-refractivity contribution in [1.82, 2.24) is 18.5 Å². The summed E-state index contributed by atoms with van der Waals surface area (Å²) in [5.41, 5.74) is -0.0166. The van der Waals surface area contributed by atoms with Gasteiger partial charge in [0.25, 0.3) is 0 Å². The van der Waals surface area contributed by atoms with Crippen LogP contribution in [-0.4, -0.2) is 57.8 Å². The average Bonchev–Trinajstić information content (AvgIpc) is 3.14. The molecule has 0 atom stereocenters. The van der Waals surface area contributed by atoms with E-state index in [2.05, 4.69) is 10.1 Å². The highest BCUT2D eigenvalue weighted by Gasteiger charge is 2.27. The quantitative estimate of drug-likeness (QED) is 0.623. The monoisotopic (exact) mass is 400 g/mol. The van der Waals surface area contributed by atoms with Crippen molar-refractivity contribution in [1.29, 1.82) is 0 Å². The lowest BCUT2D eigenvalue weighted by Crippen LogP contribution is -2.29. The molecule has 0 aliphatic rings. The molecule has 0 fully saturated rings. The van der Waals surface area contributed by atoms with Gasteiger partial charge >= 0.3 is 16.2 Å². The molecular weight excluding hydrogens is 384 g/mol. The van der Waals surface area contributed by atoms with Crippen molar-refractivity contribution in [3.05, 3.63) is 71.5 Å². The Balaban J connectivity index is 2.24. The van der Waals surface area contributed by atoms with Gasteiger partial charge in [-0.05, 0) is 18.2 Å². The Morgan fingerprint density at radius 3 is 2.21 bits per heavy atom. The maximum absolute atomic E-state index is 13.1. The van der Waals surface area contributed by atoms with Crippen LogP contribution in [0.1, 0.15) is 26.3 Å². The Hall–Kier alpha value is -3.37. The van der Waals surface area contributed by atoms with Gasteiger partial charge in [0.05, 0.1) is 23.0 Å². The molecule has 10 heteroatoms. The van der Waals surface area contributed by atoms with E-state index >= 15 is 0 Å². The van der Waals surface area contributed by atoms with Crippen LogP contribution in [-0.2, 0) is 10.2 Å². The van der Waals surface area contributed by atoms with Crippen LogP contribution in [0.4, 0.5) is 0 Å². The number of carbonyl (C=O) groups is 2. The zero-order valence-corrected chi connectivity index (χ0v) is 15.8. The Morgan fingerprint density at radius 1 is 1.00 bits per heavy atom. The van der Waals surface area contributed by atoms with Crippen molar-refractivity contribution in [2.45, 2.75) is 0 Å². The molecule has 28 heavy (non-hydrogen) atoms. The van der Waals surface area contributed by atoms with E-state index in [1.165, 1.54) is 44.6 Å². The third-order valence-electron chi connectivity index (χ3n) is 3.95. The van der Waals surface area contributed by atoms with Crippen LogP contribution in [0.25, 0.3) is 11.4 Å². The van der Waals surface area contributed by atoms with Gasteiger partial charge in [0.2, 0.25) is 0 Å². The first-order valence-corrected chi connectivity index (χ1v) is 9.44. The van der Waals surface area contributed by atoms with E-state index in [1.807, 2.05) is 0 Å². The van der Waals surface area contributed by atoms with Gasteiger partial charge in [0.15, 0.2) is 5.78 Å². The predicted molar refractivity (Wildman–Crippen MR) is 100 cm³/mol. The summed E-state index contributed by atoms with van der Waals surface area (Å²) >= 11 is 0. The smallest absolute Gasteiger partial charge is 0.336 e. The van der Waals surface area contributed by atoms with Crippen LogP contribution in [0.3, 0.4) is 0 Å². The minimum Gasteiger partial charge on any atom is -0.478 e. The molecule has 144 valence electrons. The highest BCUT2D eigenvalue weighted by atomic mass is 32.2. The second kappa shape index (κ2) is 7.33. The molecular formula is C18H16N4O5S. The lowest BCUT2D eigenvalue weighted by Gasteiger charge is -2.10. The maximum atomic E-state index is 13.1. The maximum Gasteiger partial charge on any atom is 0.336 e. The Kier molecular flexibility index (Phi) is 5.08. The fourth-order valence-corrected chi connectivity index (χ4v) is 3.27. The fraction of sp³-hybridized carbons (Fsp3) is 0.111. The van der Waals surface area contributed by atoms with Crippen LogP contribution >= 0.6 is 0 Å². The molecule has 3 aromatic rings. The topological polar surface area (TPSA) is 122 Å². The number of hydrogen-bond acceptors (Lipinski definition) is 6. The van der Waals surface area contributed by atoms with Gasteiger partial charge in [-0.25, -0.2) is 4.79 Å². The highest BCUT2D eigenvalue weighted by molar-refractivity contribution is 7.87. The van der Waals surface area contributed by atoms with Gasteiger partial charge < -0.3 is 5.11 Å². The number of aromatic carboxylic acids is 1. The van der Waals surface area contributed by atoms with Gasteiger partial charge in [0, 0.05) is 25.9 Å². The van der Waals surface area contributed by atoms with Crippen molar-refractivity contribution >= 4 is 22.0 Å². The number of hydrogen-bond donors (Lipinski definition) is 1. The van der Waals surface area contributed by atoms with Gasteiger partial charge in [-0.15, -0.1) is 0 Å². The molecule has 2 heterocycles. The van der Waals surface area contributed by atoms with E-state index in [4.69, 9.17) is 0 Å². The van der Waals surface area contributed by atoms with E-state index in [9.17, 15) is 23.1 Å². The molecule has 0 saturated heterocycles. The predicted octanol–water partition coefficient (Wildman–Crippen LogP) is 1.53. The highest BCUT2D eigenvalue weighted by Crippen LogP contribution is 2.25. The van der Waals surface area contributed by atoms with E-state index in [0.717, 1.165) is 10.5 Å². The molecule has 2 aromatic heterocycles. The second-order valence-electron chi connectivity index (χ2n) is 5.95. The third-order valence-corrected chi connectivity index (χ3v) is 5.53. The lowest BCUT2D eigenvalue weighted by atomic mass is 9.98. The molecule has 0 unspecified atom stereocenters. The number of carboxylic acid groups (broad SMARTS) is 1. The number of carboxylic acids is 1. The fourth-order valence-electron chi connectivity index (χ4n) is 2.51. The summed E-state index contributed by atoms with van der Waals surface area (Å²) < 4.78 is 26.5. The minimum absolute atomic E-state index is 0.0382. The summed E-state index contributed by atoms with van der Waals surface area (Å²) in [7, 11) is -1.32. The average molecular weight is 400 g/mol. The van der Waals surface area contributed by atoms with Crippen molar-refractivity contribution in [3.63, 3.8) is 0 Å². The van der Waals surface area contributed by atoms with Gasteiger partial charge in [-0.3, -0.25) is 9.78 Å². The number of nitrogens with zero attached hydrogens (tertiary/aromatic N) is 4. The Morgan fingerprint density at radius 2 is 1.64 bits per heavy atom. The van der Waals surface area contributed by atoms with Crippen LogP contribution in [0.15, 0.2) is 54.9 Å². The first kappa shape index (κ1) is 19.4. The van der Waals surface area contributed by atoms with Gasteiger partial charge in [-0.2, -0.15) is 21.9 Å². The first-order valence-electron chi connectivity index (χ1n) is 8.04. The zero-order valence-electron chi connectivity index (χ0n) is 15.0. The summed E-state index contributed by atoms with van der Waals surface area (Å²) in [6.45, 7) is 0. The number of aromatic nitrogens is 3. The van der Waals surface area contributed by atoms with Crippen molar-refractivity contribution in [2.24, 2.45) is 0 Å². The molecule has 9 nitrogen and oxygen atoms in total. The van der Waals surface area contributed by atoms with Crippen molar-refractivity contribution in [2.75, 3.05) is 14.1 Å². The van der Waals surface area contributed by atoms with Crippen LogP contribution in [0, 0.1) is 0 Å². The van der Waals surface area contributed by atoms with Crippen LogP contribution in [0.5, 0.6) is 0 Å². The van der Waals surface area contributed by atoms with Crippen molar-refractivity contribution in [3.8, 4) is 11.4 Å². The number of benzene rings is 1. The molecule has 0 amide bonds. The second-order valence-corrected chi connectivity index (χ2v) is 7.95. The molecule has 1 N–H and O–H groups in total. The molecule has 0 saturated carbocycles. The van der Waals surface area contributed by atoms with E-state index in [1.54, 1.807) is 18.2 Å². The summed E-state index contributed by atoms with van der Waals surface area (Å²) in [5, 5.41) is 13.4. The van der Waals surface area contributed by atoms with Gasteiger partial charge in [0.1, 0.15) is 5.69 Å². The minimum atomic E-state index is -3.99. The lowest BCUT2D eigenvalue weighted by molar-refractivity contribution is 0.0692. The van der Waals surface area contributed by atoms with Gasteiger partial charge in [-0.1, -0.05) is 24.3 Å². The molecule has 0 aliphatic carbocycles. The summed E-state index contributed by atoms with van der Waals surface area (Å²) in [6.07, 6.45) is 2.55. The number of rotatable bonds is 6. The number of carbonyl (C=O) groups excluding carboxylic acids is 1. The van der Waals surface area contributed by atoms with E-state index < -0.39 is 22.0 Å². The van der Waals surface area contributed by atoms with E-state index in [-0.39, 0.29) is 28.1 Å². The molecule has 0 spiro atoms. The van der Waals surface area contributed by atoms with E-state index in [0.29, 0.717) is 4.09 Å². The zero-order chi connectivity index (χ0) is 20.5. The molecule has 3 rings (SSSR count). The normalized spacial score (nSPS) is 11.5. The molecule has 0 bridgehead atoms. The molecule has 1 aromatic carbocycles. The Labute approximate surface area is 161 Å². The number of ketones is 1. The summed E-state index contributed by atoms with van der Waals surface area (Å²) in [5.74, 6) is -1.93. The standard InChI is InChI=1S/C18H16N4O5S/c1-21(2)28(26,27)22-11-14(16(20-22)15-9-5-6-10-19-15)17(23)12-7-3-4-8-13(12)18(24)25/h3-11H,1-2H3,(H,24,25). The summed E-state index contributed by atoms with van der Waals surface area (Å²) in [4.78, 5) is 28.7. The summed E-state index contributed by atoms with van der Waals surface area (Å²) in [6, 6.07) is 10.6. The third kappa shape index (κ3) is 3.42. The molecule has 0 aliphatic heterocycles. The van der Waals surface area contributed by atoms with Crippen molar-refractivity contribution < 1.29 is 23.1 Å². The van der Waals surface area contributed by atoms with Crippen LogP contribution < -0.4 is 0 Å². The largest absolute Gasteiger partial charge is 0.478 e. The first-order chi connectivity index (χ1) is 13.2. The number of pyridine rings is 1. The Bertz CT molecular complexity index is 1150.